The second-order valence-corrected chi connectivity index (χ2v) is 6.79. The lowest BCUT2D eigenvalue weighted by molar-refractivity contribution is 0.415. The van der Waals surface area contributed by atoms with Crippen LogP contribution in [0.15, 0.2) is 29.5 Å². The molecule has 1 aromatic heterocycles. The summed E-state index contributed by atoms with van der Waals surface area (Å²) in [5, 5.41) is 15.6. The fourth-order valence-corrected chi connectivity index (χ4v) is 3.40. The first-order chi connectivity index (χ1) is 13.1. The lowest BCUT2D eigenvalue weighted by Gasteiger charge is -2.22. The number of rotatable bonds is 6. The number of aliphatic imine (C=N–C) groups is 1. The number of nitrogens with zero attached hydrogens (tertiary/aromatic N) is 5. The van der Waals surface area contributed by atoms with Gasteiger partial charge in [0.1, 0.15) is 12.1 Å². The summed E-state index contributed by atoms with van der Waals surface area (Å²) in [7, 11) is 3.45. The molecule has 0 saturated carbocycles. The number of aromatic nitrogens is 3. The minimum atomic E-state index is 0.281. The summed E-state index contributed by atoms with van der Waals surface area (Å²) >= 11 is 6.17. The summed E-state index contributed by atoms with van der Waals surface area (Å²) in [5.41, 5.74) is 1.02. The molecule has 2 heterocycles. The molecule has 2 aromatic rings. The van der Waals surface area contributed by atoms with E-state index in [-0.39, 0.29) is 6.04 Å². The van der Waals surface area contributed by atoms with Crippen LogP contribution in [0.3, 0.4) is 0 Å². The van der Waals surface area contributed by atoms with Gasteiger partial charge in [-0.15, -0.1) is 10.2 Å². The summed E-state index contributed by atoms with van der Waals surface area (Å²) in [6, 6.07) is 5.98. The minimum absolute atomic E-state index is 0.281. The number of methoxy groups -OCH3 is 1. The standard InChI is InChI=1S/C18H26ClN7O/c1-4-25-12-22-24-17(25)10-21-18(20-2)23-14-7-8-26(11-14)15-9-13(19)5-6-16(15)27-3/h5-6,9,12,14H,4,7-8,10-11H2,1-3H3,(H2,20,21,23). The molecule has 8 nitrogen and oxygen atoms in total. The van der Waals surface area contributed by atoms with E-state index in [1.807, 2.05) is 22.8 Å². The van der Waals surface area contributed by atoms with Crippen molar-refractivity contribution < 1.29 is 4.74 Å². The zero-order valence-electron chi connectivity index (χ0n) is 15.9. The van der Waals surface area contributed by atoms with Crippen molar-refractivity contribution in [3.8, 4) is 5.75 Å². The van der Waals surface area contributed by atoms with Gasteiger partial charge < -0.3 is 24.8 Å². The molecule has 1 aliphatic rings. The van der Waals surface area contributed by atoms with E-state index in [0.717, 1.165) is 49.3 Å². The van der Waals surface area contributed by atoms with Gasteiger partial charge in [-0.2, -0.15) is 0 Å². The van der Waals surface area contributed by atoms with E-state index >= 15 is 0 Å². The first kappa shape index (κ1) is 19.3. The number of hydrogen-bond acceptors (Lipinski definition) is 5. The van der Waals surface area contributed by atoms with Crippen molar-refractivity contribution in [2.45, 2.75) is 32.5 Å². The number of benzene rings is 1. The minimum Gasteiger partial charge on any atom is -0.495 e. The van der Waals surface area contributed by atoms with Gasteiger partial charge in [0.25, 0.3) is 0 Å². The van der Waals surface area contributed by atoms with E-state index in [1.54, 1.807) is 20.5 Å². The van der Waals surface area contributed by atoms with Crippen molar-refractivity contribution in [3.63, 3.8) is 0 Å². The molecule has 1 saturated heterocycles. The van der Waals surface area contributed by atoms with Crippen LogP contribution in [-0.4, -0.2) is 54.0 Å². The summed E-state index contributed by atoms with van der Waals surface area (Å²) in [5.74, 6) is 2.48. The first-order valence-electron chi connectivity index (χ1n) is 9.07. The monoisotopic (exact) mass is 391 g/mol. The Balaban J connectivity index is 1.58. The molecule has 0 spiro atoms. The SMILES string of the molecule is CCn1cnnc1CNC(=NC)NC1CCN(c2cc(Cl)ccc2OC)C1. The number of nitrogens with one attached hydrogen (secondary N) is 2. The predicted octanol–water partition coefficient (Wildman–Crippen LogP) is 1.90. The van der Waals surface area contributed by atoms with Crippen molar-refractivity contribution in [2.24, 2.45) is 4.99 Å². The highest BCUT2D eigenvalue weighted by Crippen LogP contribution is 2.33. The molecular weight excluding hydrogens is 366 g/mol. The van der Waals surface area contributed by atoms with Gasteiger partial charge in [-0.3, -0.25) is 4.99 Å². The van der Waals surface area contributed by atoms with Crippen LogP contribution < -0.4 is 20.3 Å². The van der Waals surface area contributed by atoms with Crippen LogP contribution in [0.25, 0.3) is 0 Å². The van der Waals surface area contributed by atoms with E-state index in [4.69, 9.17) is 16.3 Å². The molecule has 2 N–H and O–H groups in total. The second-order valence-electron chi connectivity index (χ2n) is 6.35. The number of anilines is 1. The molecule has 146 valence electrons. The smallest absolute Gasteiger partial charge is 0.191 e. The molecule has 1 fully saturated rings. The molecule has 0 aliphatic carbocycles. The van der Waals surface area contributed by atoms with E-state index < -0.39 is 0 Å². The van der Waals surface area contributed by atoms with Gasteiger partial charge in [-0.25, -0.2) is 0 Å². The van der Waals surface area contributed by atoms with Crippen molar-refractivity contribution >= 4 is 23.2 Å². The summed E-state index contributed by atoms with van der Waals surface area (Å²) in [6.07, 6.45) is 2.74. The average molecular weight is 392 g/mol. The fourth-order valence-electron chi connectivity index (χ4n) is 3.24. The average Bonchev–Trinajstić information content (AvgIpc) is 3.34. The Bertz CT molecular complexity index is 792. The largest absolute Gasteiger partial charge is 0.495 e. The highest BCUT2D eigenvalue weighted by Gasteiger charge is 2.25. The molecular formula is C18H26ClN7O. The van der Waals surface area contributed by atoms with Crippen LogP contribution in [0.5, 0.6) is 5.75 Å². The molecule has 0 radical (unpaired) electrons. The number of aryl methyl sites for hydroxylation is 1. The van der Waals surface area contributed by atoms with Crippen LogP contribution in [-0.2, 0) is 13.1 Å². The van der Waals surface area contributed by atoms with Gasteiger partial charge in [-0.1, -0.05) is 11.6 Å². The molecule has 0 amide bonds. The highest BCUT2D eigenvalue weighted by atomic mass is 35.5. The Morgan fingerprint density at radius 3 is 3.04 bits per heavy atom. The zero-order valence-corrected chi connectivity index (χ0v) is 16.7. The first-order valence-corrected chi connectivity index (χ1v) is 9.44. The maximum atomic E-state index is 6.17. The third kappa shape index (κ3) is 4.63. The van der Waals surface area contributed by atoms with Crippen LogP contribution in [0.4, 0.5) is 5.69 Å². The van der Waals surface area contributed by atoms with Gasteiger partial charge in [0.15, 0.2) is 11.8 Å². The van der Waals surface area contributed by atoms with E-state index in [2.05, 4.69) is 37.6 Å². The van der Waals surface area contributed by atoms with Crippen LogP contribution >= 0.6 is 11.6 Å². The Morgan fingerprint density at radius 1 is 1.44 bits per heavy atom. The molecule has 9 heteroatoms. The number of guanidine groups is 1. The van der Waals surface area contributed by atoms with Gasteiger partial charge in [0, 0.05) is 37.7 Å². The van der Waals surface area contributed by atoms with Gasteiger partial charge in [0.2, 0.25) is 0 Å². The quantitative estimate of drug-likeness (QED) is 0.578. The zero-order chi connectivity index (χ0) is 19.2. The van der Waals surface area contributed by atoms with Gasteiger partial charge >= 0.3 is 0 Å². The Hall–Kier alpha value is -2.48. The number of hydrogen-bond donors (Lipinski definition) is 2. The summed E-state index contributed by atoms with van der Waals surface area (Å²) in [4.78, 5) is 6.61. The second kappa shape index (κ2) is 8.94. The summed E-state index contributed by atoms with van der Waals surface area (Å²) in [6.45, 7) is 5.26. The van der Waals surface area contributed by atoms with E-state index in [0.29, 0.717) is 11.6 Å². The predicted molar refractivity (Wildman–Crippen MR) is 108 cm³/mol. The maximum Gasteiger partial charge on any atom is 0.191 e. The van der Waals surface area contributed by atoms with Crippen molar-refractivity contribution in [3.05, 3.63) is 35.4 Å². The number of ether oxygens (including phenoxy) is 1. The molecule has 0 bridgehead atoms. The molecule has 1 aliphatic heterocycles. The molecule has 1 atom stereocenters. The van der Waals surface area contributed by atoms with Gasteiger partial charge in [-0.05, 0) is 31.5 Å². The van der Waals surface area contributed by atoms with Crippen LogP contribution in [0.2, 0.25) is 5.02 Å². The van der Waals surface area contributed by atoms with E-state index in [1.165, 1.54) is 0 Å². The highest BCUT2D eigenvalue weighted by molar-refractivity contribution is 6.30. The lowest BCUT2D eigenvalue weighted by Crippen LogP contribution is -2.44. The Morgan fingerprint density at radius 2 is 2.30 bits per heavy atom. The fraction of sp³-hybridized carbons (Fsp3) is 0.500. The maximum absolute atomic E-state index is 6.17. The van der Waals surface area contributed by atoms with E-state index in [9.17, 15) is 0 Å². The normalized spacial score (nSPS) is 17.3. The Kier molecular flexibility index (Phi) is 6.39. The third-order valence-corrected chi connectivity index (χ3v) is 4.92. The molecule has 3 rings (SSSR count). The molecule has 1 unspecified atom stereocenters. The molecule has 27 heavy (non-hydrogen) atoms. The molecule has 1 aromatic carbocycles. The Labute approximate surface area is 164 Å². The van der Waals surface area contributed by atoms with Crippen molar-refractivity contribution in [1.82, 2.24) is 25.4 Å². The van der Waals surface area contributed by atoms with Crippen molar-refractivity contribution in [2.75, 3.05) is 32.1 Å². The van der Waals surface area contributed by atoms with Crippen molar-refractivity contribution in [1.29, 1.82) is 0 Å². The van der Waals surface area contributed by atoms with Crippen LogP contribution in [0.1, 0.15) is 19.2 Å². The number of halogens is 1. The van der Waals surface area contributed by atoms with Crippen LogP contribution in [0, 0.1) is 0 Å². The topological polar surface area (TPSA) is 79.6 Å². The summed E-state index contributed by atoms with van der Waals surface area (Å²) < 4.78 is 7.48. The van der Waals surface area contributed by atoms with Gasteiger partial charge in [0.05, 0.1) is 19.3 Å². The lowest BCUT2D eigenvalue weighted by atomic mass is 10.2. The third-order valence-electron chi connectivity index (χ3n) is 4.68.